The Balaban J connectivity index is 0.000000310. The van der Waals surface area contributed by atoms with Crippen LogP contribution in [0.1, 0.15) is 5.56 Å². The molecule has 0 unspecified atom stereocenters. The summed E-state index contributed by atoms with van der Waals surface area (Å²) in [6, 6.07) is 6.89. The number of halogens is 1. The highest BCUT2D eigenvalue weighted by molar-refractivity contribution is 6.60. The Bertz CT molecular complexity index is 275. The average Bonchev–Trinajstić information content (AvgIpc) is 2.05. The Hall–Kier alpha value is -1.48. The van der Waals surface area contributed by atoms with E-state index in [4.69, 9.17) is 15.0 Å². The Morgan fingerprint density at radius 3 is 2.08 bits per heavy atom. The molecule has 70 valence electrons. The van der Waals surface area contributed by atoms with Crippen molar-refractivity contribution in [3.05, 3.63) is 36.4 Å². The summed E-state index contributed by atoms with van der Waals surface area (Å²) in [5, 5.41) is 16.0. The first kappa shape index (κ1) is 11.5. The molecule has 0 aromatic heterocycles. The van der Waals surface area contributed by atoms with Gasteiger partial charge in [-0.1, -0.05) is 24.8 Å². The van der Waals surface area contributed by atoms with Crippen molar-refractivity contribution in [2.45, 2.75) is 0 Å². The maximum absolute atomic E-state index is 8.82. The molecule has 0 saturated carbocycles. The molecular formula is C9H9ClO3. The van der Waals surface area contributed by atoms with Gasteiger partial charge in [-0.2, -0.15) is 0 Å². The highest BCUT2D eigenvalue weighted by atomic mass is 35.5. The summed E-state index contributed by atoms with van der Waals surface area (Å²) in [4.78, 5) is 8.77. The van der Waals surface area contributed by atoms with E-state index in [2.05, 4.69) is 18.2 Å². The lowest BCUT2D eigenvalue weighted by Crippen LogP contribution is -1.67. The van der Waals surface area contributed by atoms with E-state index in [1.807, 2.05) is 12.1 Å². The Morgan fingerprint density at radius 1 is 1.38 bits per heavy atom. The normalized spacial score (nSPS) is 8.08. The van der Waals surface area contributed by atoms with Gasteiger partial charge in [0.25, 0.3) is 0 Å². The van der Waals surface area contributed by atoms with Gasteiger partial charge >= 0.3 is 5.43 Å². The predicted octanol–water partition coefficient (Wildman–Crippen LogP) is 2.94. The van der Waals surface area contributed by atoms with Gasteiger partial charge in [0, 0.05) is 11.6 Å². The smallest absolute Gasteiger partial charge is 0.401 e. The molecule has 0 spiro atoms. The fraction of sp³-hybridized carbons (Fsp3) is 0. The zero-order valence-corrected chi connectivity index (χ0v) is 7.53. The van der Waals surface area contributed by atoms with E-state index in [9.17, 15) is 0 Å². The monoisotopic (exact) mass is 200 g/mol. The summed E-state index contributed by atoms with van der Waals surface area (Å²) >= 11 is 4.19. The van der Waals surface area contributed by atoms with Crippen LogP contribution in [-0.2, 0) is 0 Å². The number of carboxylic acid groups (broad SMARTS) is 1. The van der Waals surface area contributed by atoms with Crippen LogP contribution in [0, 0.1) is 0 Å². The zero-order valence-electron chi connectivity index (χ0n) is 6.77. The number of phenols is 1. The van der Waals surface area contributed by atoms with Gasteiger partial charge in [0.05, 0.1) is 0 Å². The molecular weight excluding hydrogens is 192 g/mol. The second-order valence-corrected chi connectivity index (χ2v) is 2.37. The van der Waals surface area contributed by atoms with Crippen LogP contribution in [0.15, 0.2) is 30.8 Å². The molecule has 0 aliphatic rings. The minimum Gasteiger partial charge on any atom is -0.508 e. The molecule has 0 radical (unpaired) electrons. The van der Waals surface area contributed by atoms with E-state index in [1.54, 1.807) is 18.2 Å². The number of hydrogen-bond donors (Lipinski definition) is 2. The van der Waals surface area contributed by atoms with Crippen LogP contribution in [0.25, 0.3) is 6.08 Å². The molecule has 13 heavy (non-hydrogen) atoms. The number of aromatic hydroxyl groups is 1. The van der Waals surface area contributed by atoms with Gasteiger partial charge in [-0.3, -0.25) is 0 Å². The second-order valence-electron chi connectivity index (χ2n) is 2.05. The van der Waals surface area contributed by atoms with Crippen LogP contribution in [0.2, 0.25) is 0 Å². The SMILES string of the molecule is C=Cc1ccc(O)cc1.O=C(O)Cl. The van der Waals surface area contributed by atoms with E-state index >= 15 is 0 Å². The van der Waals surface area contributed by atoms with E-state index < -0.39 is 5.43 Å². The van der Waals surface area contributed by atoms with Gasteiger partial charge in [-0.15, -0.1) is 0 Å². The number of phenolic OH excluding ortho intramolecular Hbond substituents is 1. The molecule has 0 atom stereocenters. The number of rotatable bonds is 1. The number of benzene rings is 1. The standard InChI is InChI=1S/C8H8O.CHClO2/c1-2-7-3-5-8(9)6-4-7;2-1(3)4/h2-6,9H,1H2;(H,3,4). The lowest BCUT2D eigenvalue weighted by molar-refractivity contribution is 0.220. The molecule has 0 amide bonds. The van der Waals surface area contributed by atoms with Gasteiger partial charge in [-0.25, -0.2) is 4.79 Å². The van der Waals surface area contributed by atoms with Crippen molar-refractivity contribution in [1.82, 2.24) is 0 Å². The van der Waals surface area contributed by atoms with Crippen molar-refractivity contribution in [2.24, 2.45) is 0 Å². The fourth-order valence-corrected chi connectivity index (χ4v) is 0.610. The van der Waals surface area contributed by atoms with Crippen molar-refractivity contribution in [1.29, 1.82) is 0 Å². The van der Waals surface area contributed by atoms with Crippen molar-refractivity contribution in [2.75, 3.05) is 0 Å². The van der Waals surface area contributed by atoms with Gasteiger partial charge in [0.1, 0.15) is 5.75 Å². The van der Waals surface area contributed by atoms with Crippen molar-refractivity contribution >= 4 is 23.1 Å². The molecule has 1 aromatic rings. The summed E-state index contributed by atoms with van der Waals surface area (Å²) in [5.74, 6) is 0.292. The summed E-state index contributed by atoms with van der Waals surface area (Å²) in [6.07, 6.45) is 1.74. The molecule has 2 N–H and O–H groups in total. The number of carbonyl (C=O) groups is 1. The molecule has 1 aromatic carbocycles. The van der Waals surface area contributed by atoms with E-state index in [0.717, 1.165) is 5.56 Å². The quantitative estimate of drug-likeness (QED) is 0.686. The maximum atomic E-state index is 8.82. The van der Waals surface area contributed by atoms with Crippen LogP contribution in [0.3, 0.4) is 0 Å². The van der Waals surface area contributed by atoms with Crippen LogP contribution >= 0.6 is 11.6 Å². The lowest BCUT2D eigenvalue weighted by Gasteiger charge is -1.90. The highest BCUT2D eigenvalue weighted by Crippen LogP contribution is 2.09. The predicted molar refractivity (Wildman–Crippen MR) is 52.1 cm³/mol. The summed E-state index contributed by atoms with van der Waals surface area (Å²) in [7, 11) is 0. The first-order chi connectivity index (χ1) is 6.06. The number of hydrogen-bond acceptors (Lipinski definition) is 2. The third kappa shape index (κ3) is 6.90. The third-order valence-electron chi connectivity index (χ3n) is 1.13. The van der Waals surface area contributed by atoms with E-state index in [-0.39, 0.29) is 0 Å². The first-order valence-electron chi connectivity index (χ1n) is 3.36. The maximum Gasteiger partial charge on any atom is 0.401 e. The van der Waals surface area contributed by atoms with Crippen LogP contribution < -0.4 is 0 Å². The summed E-state index contributed by atoms with van der Waals surface area (Å²) < 4.78 is 0. The van der Waals surface area contributed by atoms with E-state index in [0.29, 0.717) is 5.75 Å². The van der Waals surface area contributed by atoms with Crippen LogP contribution in [0.5, 0.6) is 5.75 Å². The summed E-state index contributed by atoms with van der Waals surface area (Å²) in [5.41, 5.74) is -0.340. The van der Waals surface area contributed by atoms with E-state index in [1.165, 1.54) is 0 Å². The molecule has 0 saturated heterocycles. The molecule has 0 bridgehead atoms. The van der Waals surface area contributed by atoms with Gasteiger partial charge < -0.3 is 10.2 Å². The molecule has 0 fully saturated rings. The molecule has 1 rings (SSSR count). The highest BCUT2D eigenvalue weighted by Gasteiger charge is 1.84. The topological polar surface area (TPSA) is 57.5 Å². The van der Waals surface area contributed by atoms with Crippen molar-refractivity contribution in [3.63, 3.8) is 0 Å². The van der Waals surface area contributed by atoms with Crippen molar-refractivity contribution in [3.8, 4) is 5.75 Å². The zero-order chi connectivity index (χ0) is 10.3. The van der Waals surface area contributed by atoms with Crippen molar-refractivity contribution < 1.29 is 15.0 Å². The Kier molecular flexibility index (Phi) is 5.39. The molecule has 0 heterocycles. The van der Waals surface area contributed by atoms with Gasteiger partial charge in [0.2, 0.25) is 0 Å². The minimum absolute atomic E-state index is 0.292. The Morgan fingerprint density at radius 2 is 1.77 bits per heavy atom. The molecule has 0 aliphatic carbocycles. The third-order valence-corrected chi connectivity index (χ3v) is 1.13. The minimum atomic E-state index is -1.36. The fourth-order valence-electron chi connectivity index (χ4n) is 0.610. The van der Waals surface area contributed by atoms with Gasteiger partial charge in [0.15, 0.2) is 0 Å². The second kappa shape index (κ2) is 6.08. The lowest BCUT2D eigenvalue weighted by atomic mass is 10.2. The van der Waals surface area contributed by atoms with Crippen LogP contribution in [0.4, 0.5) is 4.79 Å². The van der Waals surface area contributed by atoms with Crippen LogP contribution in [-0.4, -0.2) is 15.6 Å². The summed E-state index contributed by atoms with van der Waals surface area (Å²) in [6.45, 7) is 3.58. The molecule has 3 nitrogen and oxygen atoms in total. The Labute approximate surface area is 80.9 Å². The average molecular weight is 201 g/mol. The van der Waals surface area contributed by atoms with Gasteiger partial charge in [-0.05, 0) is 17.7 Å². The molecule has 4 heteroatoms. The first-order valence-corrected chi connectivity index (χ1v) is 3.74. The molecule has 0 aliphatic heterocycles. The largest absolute Gasteiger partial charge is 0.508 e.